The van der Waals surface area contributed by atoms with Crippen LogP contribution in [0.15, 0.2) is 18.2 Å². The van der Waals surface area contributed by atoms with Gasteiger partial charge in [0.15, 0.2) is 6.35 Å². The summed E-state index contributed by atoms with van der Waals surface area (Å²) in [5.41, 5.74) is 6.18. The average Bonchev–Trinajstić information content (AvgIpc) is 2.27. The predicted octanol–water partition coefficient (Wildman–Crippen LogP) is 1.70. The van der Waals surface area contributed by atoms with Crippen LogP contribution >= 0.6 is 7.60 Å². The van der Waals surface area contributed by atoms with Crippen LogP contribution in [0, 0.1) is 11.3 Å². The molecule has 0 aliphatic carbocycles. The summed E-state index contributed by atoms with van der Waals surface area (Å²) >= 11 is 0. The highest BCUT2D eigenvalue weighted by atomic mass is 31.2. The summed E-state index contributed by atoms with van der Waals surface area (Å²) in [5.74, 6) is 0.168. The largest absolute Gasteiger partial charge is 0.479 e. The third-order valence-electron chi connectivity index (χ3n) is 1.84. The summed E-state index contributed by atoms with van der Waals surface area (Å²) in [4.78, 5) is 9.30. The zero-order valence-electron chi connectivity index (χ0n) is 9.29. The Hall–Kier alpha value is -1.54. The van der Waals surface area contributed by atoms with Crippen LogP contribution in [0.3, 0.4) is 0 Å². The lowest BCUT2D eigenvalue weighted by atomic mass is 10.2. The molecule has 7 heteroatoms. The molecule has 6 nitrogen and oxygen atoms in total. The topological polar surface area (TPSA) is 106 Å². The lowest BCUT2D eigenvalue weighted by molar-refractivity contribution is 0.240. The molecular formula is C10H13N2O4P. The standard InChI is InChI=1S/C10H13N2O4P/c1-2-16-17(13,14)7-15-10-5-9(12)4-3-8(10)6-11/h3-5H,2,7,12H2,1H3,(H,13,14). The Morgan fingerprint density at radius 3 is 2.88 bits per heavy atom. The zero-order chi connectivity index (χ0) is 12.9. The van der Waals surface area contributed by atoms with Gasteiger partial charge in [-0.1, -0.05) is 0 Å². The van der Waals surface area contributed by atoms with E-state index in [0.29, 0.717) is 5.69 Å². The lowest BCUT2D eigenvalue weighted by Crippen LogP contribution is -2.03. The number of nitriles is 1. The van der Waals surface area contributed by atoms with E-state index in [-0.39, 0.29) is 17.9 Å². The van der Waals surface area contributed by atoms with Crippen LogP contribution in [0.5, 0.6) is 5.75 Å². The van der Waals surface area contributed by atoms with Crippen LogP contribution < -0.4 is 10.5 Å². The lowest BCUT2D eigenvalue weighted by Gasteiger charge is -2.13. The molecule has 1 unspecified atom stereocenters. The van der Waals surface area contributed by atoms with Crippen LogP contribution in [-0.2, 0) is 9.09 Å². The van der Waals surface area contributed by atoms with Crippen molar-refractivity contribution >= 4 is 13.3 Å². The van der Waals surface area contributed by atoms with Gasteiger partial charge in [0, 0.05) is 11.8 Å². The van der Waals surface area contributed by atoms with Crippen molar-refractivity contribution in [2.75, 3.05) is 18.7 Å². The maximum atomic E-state index is 11.4. The summed E-state index contributed by atoms with van der Waals surface area (Å²) < 4.78 is 21.1. The number of hydrogen-bond acceptors (Lipinski definition) is 5. The Morgan fingerprint density at radius 1 is 1.59 bits per heavy atom. The van der Waals surface area contributed by atoms with E-state index in [1.54, 1.807) is 13.0 Å². The number of anilines is 1. The molecular weight excluding hydrogens is 243 g/mol. The number of benzene rings is 1. The second-order valence-corrected chi connectivity index (χ2v) is 4.99. The minimum Gasteiger partial charge on any atom is -0.479 e. The fourth-order valence-electron chi connectivity index (χ4n) is 1.14. The molecule has 1 rings (SSSR count). The van der Waals surface area contributed by atoms with Gasteiger partial charge in [0.25, 0.3) is 0 Å². The first-order chi connectivity index (χ1) is 7.98. The van der Waals surface area contributed by atoms with Gasteiger partial charge in [-0.2, -0.15) is 5.26 Å². The molecule has 0 aromatic heterocycles. The van der Waals surface area contributed by atoms with Crippen LogP contribution in [0.2, 0.25) is 0 Å². The molecule has 92 valence electrons. The number of nitrogens with two attached hydrogens (primary N) is 1. The minimum absolute atomic E-state index is 0.110. The van der Waals surface area contributed by atoms with Crippen molar-refractivity contribution in [1.29, 1.82) is 5.26 Å². The van der Waals surface area contributed by atoms with Gasteiger partial charge in [0.2, 0.25) is 0 Å². The van der Waals surface area contributed by atoms with E-state index < -0.39 is 13.9 Å². The molecule has 3 N–H and O–H groups in total. The molecule has 0 bridgehead atoms. The number of ether oxygens (including phenoxy) is 1. The van der Waals surface area contributed by atoms with Gasteiger partial charge in [-0.3, -0.25) is 4.57 Å². The summed E-state index contributed by atoms with van der Waals surface area (Å²) in [6, 6.07) is 6.35. The third kappa shape index (κ3) is 4.08. The Balaban J connectivity index is 2.79. The number of nitrogen functional groups attached to an aromatic ring is 1. The predicted molar refractivity (Wildman–Crippen MR) is 62.5 cm³/mol. The summed E-state index contributed by atoms with van der Waals surface area (Å²) in [5, 5.41) is 8.81. The maximum absolute atomic E-state index is 11.4. The highest BCUT2D eigenvalue weighted by Gasteiger charge is 2.20. The van der Waals surface area contributed by atoms with Crippen molar-refractivity contribution < 1.29 is 18.7 Å². The smallest absolute Gasteiger partial charge is 0.365 e. The van der Waals surface area contributed by atoms with E-state index in [1.165, 1.54) is 12.1 Å². The van der Waals surface area contributed by atoms with Gasteiger partial charge in [0.05, 0.1) is 12.2 Å². The molecule has 17 heavy (non-hydrogen) atoms. The molecule has 0 aliphatic heterocycles. The van der Waals surface area contributed by atoms with Crippen molar-refractivity contribution in [3.8, 4) is 11.8 Å². The van der Waals surface area contributed by atoms with E-state index in [0.717, 1.165) is 0 Å². The van der Waals surface area contributed by atoms with E-state index in [2.05, 4.69) is 4.52 Å². The summed E-state index contributed by atoms with van der Waals surface area (Å²) in [6.45, 7) is 1.71. The molecule has 0 heterocycles. The molecule has 1 atom stereocenters. The zero-order valence-corrected chi connectivity index (χ0v) is 10.2. The van der Waals surface area contributed by atoms with Crippen LogP contribution in [0.4, 0.5) is 5.69 Å². The molecule has 0 spiro atoms. The first-order valence-corrected chi connectivity index (χ1v) is 6.63. The fraction of sp³-hybridized carbons (Fsp3) is 0.300. The molecule has 1 aromatic rings. The van der Waals surface area contributed by atoms with Crippen molar-refractivity contribution in [3.63, 3.8) is 0 Å². The van der Waals surface area contributed by atoms with E-state index >= 15 is 0 Å². The number of rotatable bonds is 5. The summed E-state index contributed by atoms with van der Waals surface area (Å²) in [7, 11) is -3.78. The Kier molecular flexibility index (Phi) is 4.53. The molecule has 0 amide bonds. The molecule has 0 fully saturated rings. The number of hydrogen-bond donors (Lipinski definition) is 2. The quantitative estimate of drug-likeness (QED) is 0.613. The third-order valence-corrected chi connectivity index (χ3v) is 2.96. The van der Waals surface area contributed by atoms with Crippen LogP contribution in [0.25, 0.3) is 0 Å². The SMILES string of the molecule is CCOP(=O)(O)COc1cc(N)ccc1C#N. The van der Waals surface area contributed by atoms with Crippen molar-refractivity contribution in [1.82, 2.24) is 0 Å². The second kappa shape index (κ2) is 5.69. The Morgan fingerprint density at radius 2 is 2.29 bits per heavy atom. The Bertz CT molecular complexity index is 484. The van der Waals surface area contributed by atoms with E-state index in [9.17, 15) is 9.46 Å². The van der Waals surface area contributed by atoms with Gasteiger partial charge >= 0.3 is 7.60 Å². The highest BCUT2D eigenvalue weighted by molar-refractivity contribution is 7.52. The van der Waals surface area contributed by atoms with E-state index in [1.807, 2.05) is 6.07 Å². The number of nitrogens with zero attached hydrogens (tertiary/aromatic N) is 1. The average molecular weight is 256 g/mol. The maximum Gasteiger partial charge on any atom is 0.365 e. The fourth-order valence-corrected chi connectivity index (χ4v) is 1.92. The van der Waals surface area contributed by atoms with Gasteiger partial charge in [-0.05, 0) is 19.1 Å². The summed E-state index contributed by atoms with van der Waals surface area (Å²) in [6.07, 6.45) is -0.515. The van der Waals surface area contributed by atoms with Crippen LogP contribution in [-0.4, -0.2) is 17.8 Å². The van der Waals surface area contributed by atoms with Gasteiger partial charge in [0.1, 0.15) is 11.8 Å². The van der Waals surface area contributed by atoms with Crippen LogP contribution in [0.1, 0.15) is 12.5 Å². The first kappa shape index (κ1) is 13.5. The van der Waals surface area contributed by atoms with Gasteiger partial charge in [-0.25, -0.2) is 0 Å². The van der Waals surface area contributed by atoms with Gasteiger partial charge in [-0.15, -0.1) is 0 Å². The van der Waals surface area contributed by atoms with Gasteiger partial charge < -0.3 is 19.9 Å². The normalized spacial score (nSPS) is 13.7. The monoisotopic (exact) mass is 256 g/mol. The molecule has 0 saturated heterocycles. The molecule has 0 saturated carbocycles. The molecule has 1 aromatic carbocycles. The second-order valence-electron chi connectivity index (χ2n) is 3.20. The van der Waals surface area contributed by atoms with E-state index in [4.69, 9.17) is 15.7 Å². The van der Waals surface area contributed by atoms with Crippen molar-refractivity contribution in [2.45, 2.75) is 6.92 Å². The first-order valence-electron chi connectivity index (χ1n) is 4.87. The molecule has 0 aliphatic rings. The Labute approximate surface area is 99.1 Å². The molecule has 0 radical (unpaired) electrons. The minimum atomic E-state index is -3.78. The van der Waals surface area contributed by atoms with Crippen molar-refractivity contribution in [3.05, 3.63) is 23.8 Å². The highest BCUT2D eigenvalue weighted by Crippen LogP contribution is 2.42. The van der Waals surface area contributed by atoms with Crippen molar-refractivity contribution in [2.24, 2.45) is 0 Å².